The Kier molecular flexibility index (Phi) is 5.03. The second kappa shape index (κ2) is 7.38. The number of benzene rings is 2. The number of nitrogens with zero attached hydrogens (tertiary/aromatic N) is 2. The highest BCUT2D eigenvalue weighted by Crippen LogP contribution is 2.23. The van der Waals surface area contributed by atoms with Gasteiger partial charge in [0.15, 0.2) is 0 Å². The number of carbonyl (C=O) groups excluding carboxylic acids is 2. The molecule has 0 unspecified atom stereocenters. The Morgan fingerprint density at radius 3 is 2.12 bits per heavy atom. The van der Waals surface area contributed by atoms with Gasteiger partial charge in [0, 0.05) is 31.7 Å². The summed E-state index contributed by atoms with van der Waals surface area (Å²) in [4.78, 5) is 28.7. The van der Waals surface area contributed by atoms with Crippen molar-refractivity contribution >= 4 is 17.6 Å². The van der Waals surface area contributed by atoms with Gasteiger partial charge in [-0.3, -0.25) is 4.79 Å². The van der Waals surface area contributed by atoms with E-state index in [0.29, 0.717) is 31.7 Å². The second-order valence-corrected chi connectivity index (χ2v) is 6.10. The number of aryl methyl sites for hydroxylation is 1. The maximum absolute atomic E-state index is 12.7. The Balaban J connectivity index is 1.72. The van der Waals surface area contributed by atoms with Crippen LogP contribution in [0, 0.1) is 6.92 Å². The zero-order valence-corrected chi connectivity index (χ0v) is 14.6. The van der Waals surface area contributed by atoms with Crippen molar-refractivity contribution in [3.8, 4) is 0 Å². The minimum atomic E-state index is -0.339. The summed E-state index contributed by atoms with van der Waals surface area (Å²) in [6, 6.07) is 15.1. The third-order valence-corrected chi connectivity index (χ3v) is 4.59. The van der Waals surface area contributed by atoms with E-state index in [4.69, 9.17) is 4.74 Å². The molecule has 1 aliphatic heterocycles. The molecule has 0 aromatic heterocycles. The van der Waals surface area contributed by atoms with Crippen LogP contribution in [-0.2, 0) is 4.74 Å². The van der Waals surface area contributed by atoms with E-state index in [1.807, 2.05) is 54.3 Å². The van der Waals surface area contributed by atoms with Crippen LogP contribution in [0.2, 0.25) is 0 Å². The molecule has 1 heterocycles. The van der Waals surface area contributed by atoms with Crippen molar-refractivity contribution in [2.24, 2.45) is 0 Å². The summed E-state index contributed by atoms with van der Waals surface area (Å²) in [5.41, 5.74) is 3.16. The van der Waals surface area contributed by atoms with E-state index in [0.717, 1.165) is 16.8 Å². The molecule has 5 nitrogen and oxygen atoms in total. The lowest BCUT2D eigenvalue weighted by molar-refractivity contribution is 0.0600. The quantitative estimate of drug-likeness (QED) is 0.808. The van der Waals surface area contributed by atoms with Crippen LogP contribution in [0.25, 0.3) is 0 Å². The number of methoxy groups -OCH3 is 1. The minimum Gasteiger partial charge on any atom is -0.465 e. The van der Waals surface area contributed by atoms with Crippen molar-refractivity contribution in [2.75, 3.05) is 38.2 Å². The molecule has 0 atom stereocenters. The Labute approximate surface area is 147 Å². The van der Waals surface area contributed by atoms with Crippen LogP contribution in [0.1, 0.15) is 26.3 Å². The number of amides is 1. The zero-order valence-electron chi connectivity index (χ0n) is 14.6. The minimum absolute atomic E-state index is 0.0685. The van der Waals surface area contributed by atoms with Crippen molar-refractivity contribution in [1.29, 1.82) is 0 Å². The lowest BCUT2D eigenvalue weighted by Crippen LogP contribution is -2.49. The molecule has 0 saturated carbocycles. The number of para-hydroxylation sites is 1. The summed E-state index contributed by atoms with van der Waals surface area (Å²) >= 11 is 0. The normalized spacial score (nSPS) is 14.3. The van der Waals surface area contributed by atoms with E-state index in [9.17, 15) is 9.59 Å². The summed E-state index contributed by atoms with van der Waals surface area (Å²) in [6.45, 7) is 4.58. The van der Waals surface area contributed by atoms with E-state index in [-0.39, 0.29) is 11.9 Å². The highest BCUT2D eigenvalue weighted by Gasteiger charge is 2.25. The number of rotatable bonds is 3. The van der Waals surface area contributed by atoms with E-state index < -0.39 is 0 Å². The molecule has 2 aromatic carbocycles. The van der Waals surface area contributed by atoms with Gasteiger partial charge >= 0.3 is 5.97 Å². The highest BCUT2D eigenvalue weighted by molar-refractivity contribution is 5.97. The molecule has 25 heavy (non-hydrogen) atoms. The molecular formula is C20H22N2O3. The number of ether oxygens (including phenoxy) is 1. The zero-order chi connectivity index (χ0) is 17.8. The fourth-order valence-corrected chi connectivity index (χ4v) is 3.17. The Morgan fingerprint density at radius 2 is 1.48 bits per heavy atom. The first-order valence-corrected chi connectivity index (χ1v) is 8.39. The van der Waals surface area contributed by atoms with Crippen molar-refractivity contribution in [3.63, 3.8) is 0 Å². The van der Waals surface area contributed by atoms with Crippen LogP contribution in [0.4, 0.5) is 5.69 Å². The summed E-state index contributed by atoms with van der Waals surface area (Å²) in [5, 5.41) is 0. The third kappa shape index (κ3) is 3.50. The van der Waals surface area contributed by atoms with Gasteiger partial charge in [-0.15, -0.1) is 0 Å². The number of esters is 1. The van der Waals surface area contributed by atoms with Gasteiger partial charge in [0.05, 0.1) is 18.4 Å². The third-order valence-electron chi connectivity index (χ3n) is 4.59. The molecule has 1 saturated heterocycles. The van der Waals surface area contributed by atoms with E-state index in [2.05, 4.69) is 4.90 Å². The van der Waals surface area contributed by atoms with Crippen molar-refractivity contribution in [1.82, 2.24) is 4.90 Å². The first-order chi connectivity index (χ1) is 12.1. The molecule has 1 amide bonds. The molecule has 0 bridgehead atoms. The molecule has 0 N–H and O–H groups in total. The average Bonchev–Trinajstić information content (AvgIpc) is 2.67. The highest BCUT2D eigenvalue weighted by atomic mass is 16.5. The number of hydrogen-bond acceptors (Lipinski definition) is 4. The molecular weight excluding hydrogens is 316 g/mol. The molecule has 0 radical (unpaired) electrons. The Morgan fingerprint density at radius 1 is 0.880 bits per heavy atom. The lowest BCUT2D eigenvalue weighted by Gasteiger charge is -2.37. The summed E-state index contributed by atoms with van der Waals surface area (Å²) in [7, 11) is 1.39. The first-order valence-electron chi connectivity index (χ1n) is 8.39. The SMILES string of the molecule is COC(=O)c1ccccc1N1CCN(C(=O)c2ccccc2C)CC1. The van der Waals surface area contributed by atoms with Gasteiger partial charge in [0.1, 0.15) is 0 Å². The lowest BCUT2D eigenvalue weighted by atomic mass is 10.1. The smallest absolute Gasteiger partial charge is 0.339 e. The van der Waals surface area contributed by atoms with Crippen LogP contribution in [-0.4, -0.2) is 50.1 Å². The van der Waals surface area contributed by atoms with Crippen LogP contribution >= 0.6 is 0 Å². The van der Waals surface area contributed by atoms with Crippen LogP contribution < -0.4 is 4.90 Å². The fourth-order valence-electron chi connectivity index (χ4n) is 3.17. The van der Waals surface area contributed by atoms with Crippen molar-refractivity contribution in [2.45, 2.75) is 6.92 Å². The van der Waals surface area contributed by atoms with E-state index in [1.54, 1.807) is 6.07 Å². The summed E-state index contributed by atoms with van der Waals surface area (Å²) in [6.07, 6.45) is 0. The molecule has 3 rings (SSSR count). The molecule has 0 spiro atoms. The van der Waals surface area contributed by atoms with Crippen LogP contribution in [0.3, 0.4) is 0 Å². The van der Waals surface area contributed by atoms with Crippen molar-refractivity contribution < 1.29 is 14.3 Å². The molecule has 5 heteroatoms. The van der Waals surface area contributed by atoms with Gasteiger partial charge < -0.3 is 14.5 Å². The molecule has 130 valence electrons. The van der Waals surface area contributed by atoms with E-state index >= 15 is 0 Å². The molecule has 1 fully saturated rings. The maximum atomic E-state index is 12.7. The van der Waals surface area contributed by atoms with Gasteiger partial charge in [0.25, 0.3) is 5.91 Å². The number of hydrogen-bond donors (Lipinski definition) is 0. The topological polar surface area (TPSA) is 49.9 Å². The fraction of sp³-hybridized carbons (Fsp3) is 0.300. The predicted molar refractivity (Wildman–Crippen MR) is 97.1 cm³/mol. The van der Waals surface area contributed by atoms with Gasteiger partial charge in [-0.2, -0.15) is 0 Å². The maximum Gasteiger partial charge on any atom is 0.339 e. The number of piperazine rings is 1. The largest absolute Gasteiger partial charge is 0.465 e. The Bertz CT molecular complexity index is 780. The van der Waals surface area contributed by atoms with Crippen molar-refractivity contribution in [3.05, 3.63) is 65.2 Å². The standard InChI is InChI=1S/C20H22N2O3/c1-15-7-3-4-8-16(15)19(23)22-13-11-21(12-14-22)18-10-6-5-9-17(18)20(24)25-2/h3-10H,11-14H2,1-2H3. The number of carbonyl (C=O) groups is 2. The first kappa shape index (κ1) is 17.0. The second-order valence-electron chi connectivity index (χ2n) is 6.10. The molecule has 1 aliphatic rings. The summed E-state index contributed by atoms with van der Waals surface area (Å²) in [5.74, 6) is -0.270. The van der Waals surface area contributed by atoms with Gasteiger partial charge in [0.2, 0.25) is 0 Å². The monoisotopic (exact) mass is 338 g/mol. The molecule has 0 aliphatic carbocycles. The Hall–Kier alpha value is -2.82. The van der Waals surface area contributed by atoms with Crippen LogP contribution in [0.15, 0.2) is 48.5 Å². The summed E-state index contributed by atoms with van der Waals surface area (Å²) < 4.78 is 4.87. The van der Waals surface area contributed by atoms with Gasteiger partial charge in [-0.1, -0.05) is 30.3 Å². The van der Waals surface area contributed by atoms with E-state index in [1.165, 1.54) is 7.11 Å². The average molecular weight is 338 g/mol. The predicted octanol–water partition coefficient (Wildman–Crippen LogP) is 2.74. The number of anilines is 1. The van der Waals surface area contributed by atoms with Gasteiger partial charge in [-0.25, -0.2) is 4.79 Å². The van der Waals surface area contributed by atoms with Gasteiger partial charge in [-0.05, 0) is 30.7 Å². The molecule has 2 aromatic rings. The van der Waals surface area contributed by atoms with Crippen LogP contribution in [0.5, 0.6) is 0 Å².